The first kappa shape index (κ1) is 19.7. The summed E-state index contributed by atoms with van der Waals surface area (Å²) in [6, 6.07) is 15.0. The highest BCUT2D eigenvalue weighted by atomic mass is 16.5. The zero-order valence-electron chi connectivity index (χ0n) is 17.0. The highest BCUT2D eigenvalue weighted by Crippen LogP contribution is 2.46. The number of esters is 1. The molecular formula is C25H23NO4. The van der Waals surface area contributed by atoms with Crippen molar-refractivity contribution in [3.63, 3.8) is 0 Å². The van der Waals surface area contributed by atoms with E-state index in [1.54, 1.807) is 13.0 Å². The third-order valence-corrected chi connectivity index (χ3v) is 5.33. The van der Waals surface area contributed by atoms with Gasteiger partial charge in [-0.15, -0.1) is 0 Å². The number of ketones is 1. The molecule has 4 rings (SSSR count). The van der Waals surface area contributed by atoms with Crippen molar-refractivity contribution in [2.24, 2.45) is 0 Å². The maximum atomic E-state index is 13.3. The van der Waals surface area contributed by atoms with E-state index in [0.29, 0.717) is 34.8 Å². The van der Waals surface area contributed by atoms with Crippen molar-refractivity contribution in [2.75, 3.05) is 13.2 Å². The molecule has 0 saturated heterocycles. The lowest BCUT2D eigenvalue weighted by atomic mass is 9.80. The van der Waals surface area contributed by atoms with Crippen molar-refractivity contribution >= 4 is 17.4 Å². The van der Waals surface area contributed by atoms with Gasteiger partial charge in [0.15, 0.2) is 5.78 Å². The molecule has 2 aliphatic rings. The van der Waals surface area contributed by atoms with Crippen LogP contribution in [0.1, 0.15) is 41.3 Å². The number of fused-ring (bicyclic) bond motifs is 2. The van der Waals surface area contributed by atoms with Crippen LogP contribution in [0, 0.1) is 0 Å². The topological polar surface area (TPSA) is 64.6 Å². The number of benzene rings is 2. The zero-order chi connectivity index (χ0) is 21.3. The maximum Gasteiger partial charge on any atom is 0.336 e. The normalized spacial score (nSPS) is 17.3. The Morgan fingerprint density at radius 3 is 2.50 bits per heavy atom. The first-order chi connectivity index (χ1) is 14.6. The summed E-state index contributed by atoms with van der Waals surface area (Å²) in [7, 11) is 0. The molecule has 1 aliphatic carbocycles. The van der Waals surface area contributed by atoms with Gasteiger partial charge in [0, 0.05) is 28.3 Å². The molecule has 2 aromatic carbocycles. The largest absolute Gasteiger partial charge is 0.490 e. The van der Waals surface area contributed by atoms with E-state index in [1.807, 2.05) is 55.5 Å². The Balaban J connectivity index is 1.83. The van der Waals surface area contributed by atoms with Gasteiger partial charge in [-0.25, -0.2) is 4.79 Å². The fourth-order valence-electron chi connectivity index (χ4n) is 4.05. The molecule has 0 radical (unpaired) electrons. The van der Waals surface area contributed by atoms with Gasteiger partial charge in [-0.05, 0) is 31.5 Å². The Morgan fingerprint density at radius 2 is 1.83 bits per heavy atom. The minimum atomic E-state index is -0.520. The molecule has 1 heterocycles. The average molecular weight is 401 g/mol. The van der Waals surface area contributed by atoms with Gasteiger partial charge in [0.05, 0.1) is 17.9 Å². The van der Waals surface area contributed by atoms with Crippen molar-refractivity contribution < 1.29 is 19.1 Å². The molecule has 1 N–H and O–H groups in total. The van der Waals surface area contributed by atoms with Gasteiger partial charge < -0.3 is 14.8 Å². The molecule has 30 heavy (non-hydrogen) atoms. The molecule has 1 aliphatic heterocycles. The standard InChI is InChI=1S/C25H23NO4/c1-4-14-30-17-12-10-16(11-13-17)21-20(25(28)29-5-2)15(3)26-23-18-8-6-7-9-19(18)24(27)22(21)23/h4,6-13,21,26H,1,5,14H2,2-3H3/t21-/m0/s1. The molecule has 0 spiro atoms. The molecule has 0 aromatic heterocycles. The van der Waals surface area contributed by atoms with Crippen LogP contribution < -0.4 is 10.1 Å². The van der Waals surface area contributed by atoms with Gasteiger partial charge in [-0.2, -0.15) is 0 Å². The second-order valence-electron chi connectivity index (χ2n) is 7.15. The Hall–Kier alpha value is -3.60. The van der Waals surface area contributed by atoms with Gasteiger partial charge in [0.2, 0.25) is 0 Å². The van der Waals surface area contributed by atoms with E-state index in [1.165, 1.54) is 0 Å². The van der Waals surface area contributed by atoms with Crippen LogP contribution in [-0.4, -0.2) is 25.0 Å². The monoisotopic (exact) mass is 401 g/mol. The number of dihydropyridines is 1. The smallest absolute Gasteiger partial charge is 0.336 e. The van der Waals surface area contributed by atoms with Gasteiger partial charge in [0.25, 0.3) is 0 Å². The first-order valence-corrected chi connectivity index (χ1v) is 9.93. The third-order valence-electron chi connectivity index (χ3n) is 5.33. The molecule has 0 unspecified atom stereocenters. The minimum Gasteiger partial charge on any atom is -0.490 e. The summed E-state index contributed by atoms with van der Waals surface area (Å²) in [5.74, 6) is -0.316. The van der Waals surface area contributed by atoms with Gasteiger partial charge >= 0.3 is 5.97 Å². The fraction of sp³-hybridized carbons (Fsp3) is 0.200. The number of hydrogen-bond donors (Lipinski definition) is 1. The lowest BCUT2D eigenvalue weighted by Gasteiger charge is -2.29. The second-order valence-corrected chi connectivity index (χ2v) is 7.15. The molecule has 0 fully saturated rings. The number of carbonyl (C=O) groups is 2. The Kier molecular flexibility index (Phi) is 5.27. The summed E-state index contributed by atoms with van der Waals surface area (Å²) in [4.78, 5) is 26.2. The summed E-state index contributed by atoms with van der Waals surface area (Å²) >= 11 is 0. The molecule has 0 amide bonds. The van der Waals surface area contributed by atoms with Crippen LogP contribution in [-0.2, 0) is 9.53 Å². The number of ether oxygens (including phenoxy) is 2. The Bertz CT molecular complexity index is 1090. The lowest BCUT2D eigenvalue weighted by Crippen LogP contribution is -2.29. The molecule has 0 saturated carbocycles. The van der Waals surface area contributed by atoms with Crippen LogP contribution in [0.15, 0.2) is 78.0 Å². The molecule has 152 valence electrons. The van der Waals surface area contributed by atoms with Gasteiger partial charge in [-0.3, -0.25) is 4.79 Å². The van der Waals surface area contributed by atoms with E-state index in [2.05, 4.69) is 11.9 Å². The summed E-state index contributed by atoms with van der Waals surface area (Å²) < 4.78 is 10.9. The van der Waals surface area contributed by atoms with E-state index < -0.39 is 11.9 Å². The lowest BCUT2D eigenvalue weighted by molar-refractivity contribution is -0.138. The van der Waals surface area contributed by atoms with Crippen LogP contribution in [0.2, 0.25) is 0 Å². The van der Waals surface area contributed by atoms with Crippen LogP contribution in [0.25, 0.3) is 5.70 Å². The SMILES string of the molecule is C=CCOc1ccc([C@H]2C(C(=O)OCC)=C(C)NC3=C2C(=O)c2ccccc23)cc1. The van der Waals surface area contributed by atoms with Crippen LogP contribution >= 0.6 is 0 Å². The summed E-state index contributed by atoms with van der Waals surface area (Å²) in [6.07, 6.45) is 1.68. The van der Waals surface area contributed by atoms with Crippen molar-refractivity contribution in [1.82, 2.24) is 5.32 Å². The quantitative estimate of drug-likeness (QED) is 0.575. The Labute approximate surface area is 175 Å². The predicted molar refractivity (Wildman–Crippen MR) is 115 cm³/mol. The number of carbonyl (C=O) groups excluding carboxylic acids is 2. The van der Waals surface area contributed by atoms with Crippen LogP contribution in [0.3, 0.4) is 0 Å². The first-order valence-electron chi connectivity index (χ1n) is 9.93. The van der Waals surface area contributed by atoms with E-state index >= 15 is 0 Å². The van der Waals surface area contributed by atoms with Crippen molar-refractivity contribution in [1.29, 1.82) is 0 Å². The molecular weight excluding hydrogens is 378 g/mol. The van der Waals surface area contributed by atoms with E-state index in [0.717, 1.165) is 16.8 Å². The van der Waals surface area contributed by atoms with Crippen molar-refractivity contribution in [2.45, 2.75) is 19.8 Å². The number of allylic oxidation sites excluding steroid dienone is 2. The number of Topliss-reactive ketones (excluding diaryl/α,β-unsaturated/α-hetero) is 1. The average Bonchev–Trinajstić information content (AvgIpc) is 3.04. The zero-order valence-corrected chi connectivity index (χ0v) is 17.0. The van der Waals surface area contributed by atoms with E-state index in [4.69, 9.17) is 9.47 Å². The Morgan fingerprint density at radius 1 is 1.13 bits per heavy atom. The number of hydrogen-bond acceptors (Lipinski definition) is 5. The minimum absolute atomic E-state index is 0.0700. The number of rotatable bonds is 6. The van der Waals surface area contributed by atoms with Crippen LogP contribution in [0.5, 0.6) is 5.75 Å². The molecule has 5 nitrogen and oxygen atoms in total. The van der Waals surface area contributed by atoms with Crippen molar-refractivity contribution in [3.05, 3.63) is 94.7 Å². The molecule has 2 aromatic rings. The molecule has 0 bridgehead atoms. The van der Waals surface area contributed by atoms with E-state index in [9.17, 15) is 9.59 Å². The van der Waals surface area contributed by atoms with Crippen LogP contribution in [0.4, 0.5) is 0 Å². The van der Waals surface area contributed by atoms with Gasteiger partial charge in [0.1, 0.15) is 12.4 Å². The van der Waals surface area contributed by atoms with E-state index in [-0.39, 0.29) is 12.4 Å². The van der Waals surface area contributed by atoms with Gasteiger partial charge in [-0.1, -0.05) is 49.1 Å². The number of nitrogens with one attached hydrogen (secondary N) is 1. The predicted octanol–water partition coefficient (Wildman–Crippen LogP) is 4.38. The maximum absolute atomic E-state index is 13.3. The van der Waals surface area contributed by atoms with Crippen molar-refractivity contribution in [3.8, 4) is 5.75 Å². The fourth-order valence-corrected chi connectivity index (χ4v) is 4.05. The summed E-state index contributed by atoms with van der Waals surface area (Å²) in [5, 5.41) is 3.30. The molecule has 1 atom stereocenters. The summed E-state index contributed by atoms with van der Waals surface area (Å²) in [5.41, 5.74) is 4.81. The summed E-state index contributed by atoms with van der Waals surface area (Å²) in [6.45, 7) is 7.93. The highest BCUT2D eigenvalue weighted by Gasteiger charge is 2.42. The molecule has 5 heteroatoms. The second kappa shape index (κ2) is 8.03. The third kappa shape index (κ3) is 3.22. The highest BCUT2D eigenvalue weighted by molar-refractivity contribution is 6.23.